The van der Waals surface area contributed by atoms with E-state index in [-0.39, 0.29) is 18.0 Å². The molecule has 1 aromatic rings. The minimum absolute atomic E-state index is 0.0249. The van der Waals surface area contributed by atoms with E-state index in [1.54, 1.807) is 6.92 Å². The highest BCUT2D eigenvalue weighted by Crippen LogP contribution is 2.33. The first-order valence-electron chi connectivity index (χ1n) is 5.18. The van der Waals surface area contributed by atoms with Crippen LogP contribution >= 0.6 is 0 Å². The Labute approximate surface area is 93.5 Å². The quantitative estimate of drug-likeness (QED) is 0.795. The normalized spacial score (nSPS) is 15.2. The summed E-state index contributed by atoms with van der Waals surface area (Å²) in [6.45, 7) is 5.65. The van der Waals surface area contributed by atoms with Gasteiger partial charge in [-0.2, -0.15) is 0 Å². The molecule has 4 heteroatoms. The van der Waals surface area contributed by atoms with Crippen LogP contribution < -0.4 is 5.73 Å². The van der Waals surface area contributed by atoms with Crippen LogP contribution in [0.2, 0.25) is 0 Å². The number of halogens is 3. The Kier molecular flexibility index (Phi) is 3.63. The maximum absolute atomic E-state index is 13.6. The van der Waals surface area contributed by atoms with Gasteiger partial charge in [-0.1, -0.05) is 26.8 Å². The van der Waals surface area contributed by atoms with Gasteiger partial charge in [-0.3, -0.25) is 0 Å². The van der Waals surface area contributed by atoms with E-state index in [9.17, 15) is 13.2 Å². The van der Waals surface area contributed by atoms with Gasteiger partial charge in [0.2, 0.25) is 0 Å². The fourth-order valence-electron chi connectivity index (χ4n) is 1.62. The summed E-state index contributed by atoms with van der Waals surface area (Å²) in [5.41, 5.74) is 5.05. The topological polar surface area (TPSA) is 26.0 Å². The molecule has 0 bridgehead atoms. The van der Waals surface area contributed by atoms with Crippen LogP contribution in [0, 0.1) is 23.4 Å². The predicted molar refractivity (Wildman–Crippen MR) is 57.6 cm³/mol. The van der Waals surface area contributed by atoms with Gasteiger partial charge in [0.1, 0.15) is 0 Å². The first kappa shape index (κ1) is 13.0. The summed E-state index contributed by atoms with van der Waals surface area (Å²) in [4.78, 5) is 0. The van der Waals surface area contributed by atoms with Crippen LogP contribution in [0.4, 0.5) is 13.2 Å². The SMILES string of the molecule is CC(C)C(C)(CN)c1ccc(F)c(F)c1F. The molecule has 90 valence electrons. The Morgan fingerprint density at radius 1 is 1.19 bits per heavy atom. The molecule has 1 atom stereocenters. The van der Waals surface area contributed by atoms with E-state index in [4.69, 9.17) is 5.73 Å². The maximum atomic E-state index is 13.6. The Balaban J connectivity index is 3.38. The van der Waals surface area contributed by atoms with Crippen molar-refractivity contribution in [3.63, 3.8) is 0 Å². The Bertz CT molecular complexity index is 390. The summed E-state index contributed by atoms with van der Waals surface area (Å²) in [6, 6.07) is 2.20. The van der Waals surface area contributed by atoms with Crippen molar-refractivity contribution >= 4 is 0 Å². The van der Waals surface area contributed by atoms with E-state index in [1.165, 1.54) is 6.07 Å². The Morgan fingerprint density at radius 2 is 1.75 bits per heavy atom. The molecular weight excluding hydrogens is 215 g/mol. The Hall–Kier alpha value is -1.03. The summed E-state index contributed by atoms with van der Waals surface area (Å²) in [7, 11) is 0. The van der Waals surface area contributed by atoms with Crippen LogP contribution in [0.3, 0.4) is 0 Å². The number of benzene rings is 1. The van der Waals surface area contributed by atoms with E-state index in [0.717, 1.165) is 6.07 Å². The molecule has 1 nitrogen and oxygen atoms in total. The van der Waals surface area contributed by atoms with Crippen LogP contribution in [-0.4, -0.2) is 6.54 Å². The third kappa shape index (κ3) is 1.94. The van der Waals surface area contributed by atoms with E-state index < -0.39 is 22.9 Å². The van der Waals surface area contributed by atoms with Crippen molar-refractivity contribution in [1.82, 2.24) is 0 Å². The van der Waals surface area contributed by atoms with Crippen LogP contribution in [0.15, 0.2) is 12.1 Å². The predicted octanol–water partition coefficient (Wildman–Crippen LogP) is 2.98. The van der Waals surface area contributed by atoms with E-state index >= 15 is 0 Å². The van der Waals surface area contributed by atoms with Crippen LogP contribution in [-0.2, 0) is 5.41 Å². The second-order valence-electron chi connectivity index (χ2n) is 4.50. The van der Waals surface area contributed by atoms with Crippen molar-refractivity contribution in [2.24, 2.45) is 11.7 Å². The van der Waals surface area contributed by atoms with Crippen molar-refractivity contribution in [2.75, 3.05) is 6.54 Å². The molecule has 1 aromatic carbocycles. The number of hydrogen-bond acceptors (Lipinski definition) is 1. The zero-order valence-electron chi connectivity index (χ0n) is 9.65. The fraction of sp³-hybridized carbons (Fsp3) is 0.500. The molecule has 0 aliphatic heterocycles. The van der Waals surface area contributed by atoms with Gasteiger partial charge >= 0.3 is 0 Å². The van der Waals surface area contributed by atoms with E-state index in [1.807, 2.05) is 13.8 Å². The van der Waals surface area contributed by atoms with E-state index in [2.05, 4.69) is 0 Å². The van der Waals surface area contributed by atoms with Crippen LogP contribution in [0.25, 0.3) is 0 Å². The zero-order chi connectivity index (χ0) is 12.5. The molecule has 0 aliphatic carbocycles. The largest absolute Gasteiger partial charge is 0.330 e. The lowest BCUT2D eigenvalue weighted by atomic mass is 9.73. The minimum Gasteiger partial charge on any atom is -0.330 e. The Morgan fingerprint density at radius 3 is 2.19 bits per heavy atom. The molecule has 0 saturated carbocycles. The van der Waals surface area contributed by atoms with Gasteiger partial charge in [-0.05, 0) is 17.5 Å². The molecule has 2 N–H and O–H groups in total. The van der Waals surface area contributed by atoms with E-state index in [0.29, 0.717) is 0 Å². The van der Waals surface area contributed by atoms with Gasteiger partial charge in [0.15, 0.2) is 17.5 Å². The monoisotopic (exact) mass is 231 g/mol. The summed E-state index contributed by atoms with van der Waals surface area (Å²) in [6.07, 6.45) is 0. The van der Waals surface area contributed by atoms with Gasteiger partial charge in [0.05, 0.1) is 0 Å². The highest BCUT2D eigenvalue weighted by atomic mass is 19.2. The molecule has 0 saturated heterocycles. The van der Waals surface area contributed by atoms with Gasteiger partial charge in [0.25, 0.3) is 0 Å². The highest BCUT2D eigenvalue weighted by molar-refractivity contribution is 5.29. The number of nitrogens with two attached hydrogens (primary N) is 1. The fourth-order valence-corrected chi connectivity index (χ4v) is 1.62. The van der Waals surface area contributed by atoms with Crippen molar-refractivity contribution in [3.05, 3.63) is 35.1 Å². The average molecular weight is 231 g/mol. The molecule has 0 spiro atoms. The van der Waals surface area contributed by atoms with Crippen molar-refractivity contribution < 1.29 is 13.2 Å². The highest BCUT2D eigenvalue weighted by Gasteiger charge is 2.33. The molecule has 0 fully saturated rings. The van der Waals surface area contributed by atoms with Crippen LogP contribution in [0.1, 0.15) is 26.3 Å². The molecule has 0 heterocycles. The molecule has 0 aromatic heterocycles. The molecule has 16 heavy (non-hydrogen) atoms. The molecule has 0 aliphatic rings. The molecule has 1 unspecified atom stereocenters. The number of rotatable bonds is 3. The maximum Gasteiger partial charge on any atom is 0.194 e. The van der Waals surface area contributed by atoms with Crippen molar-refractivity contribution in [1.29, 1.82) is 0 Å². The second-order valence-corrected chi connectivity index (χ2v) is 4.50. The van der Waals surface area contributed by atoms with Crippen LogP contribution in [0.5, 0.6) is 0 Å². The standard InChI is InChI=1S/C12H16F3N/c1-7(2)12(3,6-16)8-4-5-9(13)11(15)10(8)14/h4-5,7H,6,16H2,1-3H3. The van der Waals surface area contributed by atoms with Crippen molar-refractivity contribution in [3.8, 4) is 0 Å². The van der Waals surface area contributed by atoms with Gasteiger partial charge in [-0.15, -0.1) is 0 Å². The minimum atomic E-state index is -1.43. The molecule has 1 rings (SSSR count). The van der Waals surface area contributed by atoms with Crippen molar-refractivity contribution in [2.45, 2.75) is 26.2 Å². The third-order valence-corrected chi connectivity index (χ3v) is 3.35. The first-order valence-corrected chi connectivity index (χ1v) is 5.18. The zero-order valence-corrected chi connectivity index (χ0v) is 9.65. The molecular formula is C12H16F3N. The third-order valence-electron chi connectivity index (χ3n) is 3.35. The average Bonchev–Trinajstić information content (AvgIpc) is 2.25. The summed E-state index contributed by atoms with van der Waals surface area (Å²) in [5.74, 6) is -3.72. The molecule has 0 amide bonds. The lowest BCUT2D eigenvalue weighted by molar-refractivity contribution is 0.324. The van der Waals surface area contributed by atoms with Gasteiger partial charge < -0.3 is 5.73 Å². The lowest BCUT2D eigenvalue weighted by Crippen LogP contribution is -2.38. The first-order chi connectivity index (χ1) is 7.34. The summed E-state index contributed by atoms with van der Waals surface area (Å²) >= 11 is 0. The summed E-state index contributed by atoms with van der Waals surface area (Å²) < 4.78 is 39.6. The smallest absolute Gasteiger partial charge is 0.194 e. The molecule has 0 radical (unpaired) electrons. The number of hydrogen-bond donors (Lipinski definition) is 1. The van der Waals surface area contributed by atoms with Gasteiger partial charge in [0, 0.05) is 12.0 Å². The summed E-state index contributed by atoms with van der Waals surface area (Å²) in [5, 5.41) is 0. The lowest BCUT2D eigenvalue weighted by Gasteiger charge is -2.33. The second kappa shape index (κ2) is 4.45. The van der Waals surface area contributed by atoms with Gasteiger partial charge in [-0.25, -0.2) is 13.2 Å².